The van der Waals surface area contributed by atoms with Crippen LogP contribution in [0.2, 0.25) is 0 Å². The van der Waals surface area contributed by atoms with Crippen LogP contribution in [0.1, 0.15) is 24.0 Å². The summed E-state index contributed by atoms with van der Waals surface area (Å²) in [6.45, 7) is 4.24. The second-order valence-electron chi connectivity index (χ2n) is 9.42. The fourth-order valence-corrected chi connectivity index (χ4v) is 5.14. The molecule has 0 bridgehead atoms. The first-order chi connectivity index (χ1) is 15.8. The van der Waals surface area contributed by atoms with Crippen molar-refractivity contribution in [2.45, 2.75) is 37.5 Å². The van der Waals surface area contributed by atoms with Gasteiger partial charge in [-0.3, -0.25) is 14.5 Å². The molecule has 10 heteroatoms. The molecule has 7 nitrogen and oxygen atoms in total. The average Bonchev–Trinajstić information content (AvgIpc) is 3.62. The Hall–Kier alpha value is -2.33. The van der Waals surface area contributed by atoms with Gasteiger partial charge in [0, 0.05) is 44.5 Å². The number of ether oxygens (including phenoxy) is 1. The first kappa shape index (κ1) is 22.5. The highest BCUT2D eigenvalue weighted by atomic mass is 19.4. The fourth-order valence-electron chi connectivity index (χ4n) is 5.14. The highest BCUT2D eigenvalue weighted by molar-refractivity contribution is 5.83. The maximum absolute atomic E-state index is 13.3. The van der Waals surface area contributed by atoms with E-state index in [9.17, 15) is 22.8 Å². The van der Waals surface area contributed by atoms with E-state index in [4.69, 9.17) is 4.74 Å². The Morgan fingerprint density at radius 1 is 1.09 bits per heavy atom. The lowest BCUT2D eigenvalue weighted by Gasteiger charge is -2.49. The molecule has 3 heterocycles. The van der Waals surface area contributed by atoms with Crippen molar-refractivity contribution in [1.29, 1.82) is 0 Å². The van der Waals surface area contributed by atoms with E-state index in [-0.39, 0.29) is 36.9 Å². The van der Waals surface area contributed by atoms with E-state index in [0.29, 0.717) is 51.5 Å². The van der Waals surface area contributed by atoms with Gasteiger partial charge in [0.2, 0.25) is 11.8 Å². The van der Waals surface area contributed by atoms with Gasteiger partial charge in [-0.1, -0.05) is 0 Å². The number of alkyl halides is 3. The third-order valence-corrected chi connectivity index (χ3v) is 7.11. The Morgan fingerprint density at radius 3 is 2.55 bits per heavy atom. The molecule has 2 atom stereocenters. The topological polar surface area (TPSA) is 65.1 Å². The van der Waals surface area contributed by atoms with Gasteiger partial charge in [0.15, 0.2) is 0 Å². The molecule has 3 aliphatic heterocycles. The van der Waals surface area contributed by atoms with Crippen LogP contribution < -0.4 is 10.2 Å². The van der Waals surface area contributed by atoms with E-state index in [2.05, 4.69) is 15.1 Å². The highest BCUT2D eigenvalue weighted by Crippen LogP contribution is 2.40. The molecule has 1 aromatic rings. The smallest absolute Gasteiger partial charge is 0.378 e. The summed E-state index contributed by atoms with van der Waals surface area (Å²) in [6, 6.07) is 3.84. The number of rotatable bonds is 4. The van der Waals surface area contributed by atoms with Gasteiger partial charge in [0.25, 0.3) is 0 Å². The van der Waals surface area contributed by atoms with Gasteiger partial charge in [0.05, 0.1) is 37.3 Å². The van der Waals surface area contributed by atoms with E-state index in [1.807, 2.05) is 4.90 Å². The Morgan fingerprint density at radius 2 is 1.85 bits per heavy atom. The molecule has 0 unspecified atom stereocenters. The number of halogens is 3. The van der Waals surface area contributed by atoms with E-state index in [1.54, 1.807) is 0 Å². The number of carbonyl (C=O) groups excluding carboxylic acids is 2. The molecular weight excluding hydrogens is 437 g/mol. The Labute approximate surface area is 190 Å². The van der Waals surface area contributed by atoms with Crippen molar-refractivity contribution in [3.05, 3.63) is 29.3 Å². The predicted octanol–water partition coefficient (Wildman–Crippen LogP) is 1.51. The van der Waals surface area contributed by atoms with Crippen molar-refractivity contribution >= 4 is 17.5 Å². The van der Waals surface area contributed by atoms with Crippen LogP contribution in [0.5, 0.6) is 0 Å². The first-order valence-corrected chi connectivity index (χ1v) is 11.6. The minimum atomic E-state index is -4.42. The summed E-state index contributed by atoms with van der Waals surface area (Å²) < 4.78 is 45.3. The lowest BCUT2D eigenvalue weighted by Crippen LogP contribution is -2.62. The van der Waals surface area contributed by atoms with Crippen molar-refractivity contribution in [2.24, 2.45) is 5.92 Å². The minimum absolute atomic E-state index is 0.0526. The summed E-state index contributed by atoms with van der Waals surface area (Å²) in [6.07, 6.45) is -2.26. The quantitative estimate of drug-likeness (QED) is 0.729. The first-order valence-electron chi connectivity index (χ1n) is 11.6. The maximum Gasteiger partial charge on any atom is 0.416 e. The van der Waals surface area contributed by atoms with Crippen LogP contribution in [0.4, 0.5) is 18.9 Å². The number of hydrogen-bond acceptors (Lipinski definition) is 5. The molecule has 3 fully saturated rings. The lowest BCUT2D eigenvalue weighted by atomic mass is 9.82. The van der Waals surface area contributed by atoms with Crippen molar-refractivity contribution in [3.63, 3.8) is 0 Å². The molecule has 1 aromatic carbocycles. The van der Waals surface area contributed by atoms with Crippen LogP contribution in [0.15, 0.2) is 18.2 Å². The number of nitrogens with zero attached hydrogens (tertiary/aromatic N) is 3. The van der Waals surface area contributed by atoms with Crippen molar-refractivity contribution in [3.8, 4) is 0 Å². The largest absolute Gasteiger partial charge is 0.416 e. The van der Waals surface area contributed by atoms with Crippen LogP contribution in [0, 0.1) is 5.92 Å². The second-order valence-corrected chi connectivity index (χ2v) is 9.42. The molecule has 180 valence electrons. The third-order valence-electron chi connectivity index (χ3n) is 7.11. The Balaban J connectivity index is 1.36. The van der Waals surface area contributed by atoms with E-state index >= 15 is 0 Å². The standard InChI is InChI=1S/C23H29F3N4O3/c24-23(25,26)16-1-4-19-15(11-16)12-18(22(32)27-17-2-3-17)20-13-28(5-6-30(19)20)14-21(31)29-7-9-33-10-8-29/h1,4,11,17-18,20H,2-3,5-10,12-14H2,(H,27,32)/t18-,20-/m0/s1. The van der Waals surface area contributed by atoms with Gasteiger partial charge in [-0.15, -0.1) is 0 Å². The van der Waals surface area contributed by atoms with Crippen LogP contribution in [0.25, 0.3) is 0 Å². The molecule has 0 aromatic heterocycles. The molecule has 4 aliphatic rings. The molecule has 0 spiro atoms. The van der Waals surface area contributed by atoms with E-state index < -0.39 is 17.7 Å². The summed E-state index contributed by atoms with van der Waals surface area (Å²) in [7, 11) is 0. The zero-order valence-electron chi connectivity index (χ0n) is 18.4. The summed E-state index contributed by atoms with van der Waals surface area (Å²) in [4.78, 5) is 31.8. The molecule has 1 aliphatic carbocycles. The molecule has 1 saturated carbocycles. The van der Waals surface area contributed by atoms with Crippen LogP contribution in [0.3, 0.4) is 0 Å². The zero-order chi connectivity index (χ0) is 23.2. The maximum atomic E-state index is 13.3. The normalized spacial score (nSPS) is 25.9. The van der Waals surface area contributed by atoms with Crippen molar-refractivity contribution in [2.75, 3.05) is 57.4 Å². The lowest BCUT2D eigenvalue weighted by molar-refractivity contribution is -0.138. The zero-order valence-corrected chi connectivity index (χ0v) is 18.4. The van der Waals surface area contributed by atoms with Gasteiger partial charge in [-0.25, -0.2) is 0 Å². The average molecular weight is 467 g/mol. The molecule has 5 rings (SSSR count). The van der Waals surface area contributed by atoms with Gasteiger partial charge >= 0.3 is 6.18 Å². The predicted molar refractivity (Wildman–Crippen MR) is 115 cm³/mol. The summed E-state index contributed by atoms with van der Waals surface area (Å²) in [5.41, 5.74) is 0.647. The van der Waals surface area contributed by atoms with Crippen molar-refractivity contribution in [1.82, 2.24) is 15.1 Å². The van der Waals surface area contributed by atoms with Gasteiger partial charge < -0.3 is 19.9 Å². The highest BCUT2D eigenvalue weighted by Gasteiger charge is 2.44. The summed E-state index contributed by atoms with van der Waals surface area (Å²) in [5, 5.41) is 3.04. The number of hydrogen-bond donors (Lipinski definition) is 1. The molecular formula is C23H29F3N4O3. The number of nitrogens with one attached hydrogen (secondary N) is 1. The second kappa shape index (κ2) is 8.79. The number of benzene rings is 1. The number of morpholine rings is 1. The molecule has 0 radical (unpaired) electrons. The molecule has 2 amide bonds. The number of anilines is 1. The summed E-state index contributed by atoms with van der Waals surface area (Å²) >= 11 is 0. The Bertz CT molecular complexity index is 915. The molecule has 33 heavy (non-hydrogen) atoms. The monoisotopic (exact) mass is 466 g/mol. The molecule has 2 saturated heterocycles. The number of fused-ring (bicyclic) bond motifs is 3. The summed E-state index contributed by atoms with van der Waals surface area (Å²) in [5.74, 6) is -0.503. The van der Waals surface area contributed by atoms with Gasteiger partial charge in [-0.05, 0) is 43.0 Å². The third kappa shape index (κ3) is 4.82. The van der Waals surface area contributed by atoms with Crippen LogP contribution in [-0.2, 0) is 26.9 Å². The van der Waals surface area contributed by atoms with Gasteiger partial charge in [0.1, 0.15) is 0 Å². The number of piperazine rings is 1. The number of carbonyl (C=O) groups is 2. The molecule has 1 N–H and O–H groups in total. The minimum Gasteiger partial charge on any atom is -0.378 e. The van der Waals surface area contributed by atoms with Crippen molar-refractivity contribution < 1.29 is 27.5 Å². The fraction of sp³-hybridized carbons (Fsp3) is 0.652. The van der Waals surface area contributed by atoms with E-state index in [1.165, 1.54) is 12.1 Å². The van der Waals surface area contributed by atoms with E-state index in [0.717, 1.165) is 24.6 Å². The van der Waals surface area contributed by atoms with Crippen LogP contribution >= 0.6 is 0 Å². The van der Waals surface area contributed by atoms with Gasteiger partial charge in [-0.2, -0.15) is 13.2 Å². The number of amides is 2. The Kier molecular flexibility index (Phi) is 5.98. The SMILES string of the molecule is O=C(NC1CC1)[C@H]1Cc2cc(C(F)(F)F)ccc2N2CCN(CC(=O)N3CCOCC3)C[C@@H]12. The van der Waals surface area contributed by atoms with Crippen LogP contribution in [-0.4, -0.2) is 86.2 Å².